The molecule has 4 heterocycles. The van der Waals surface area contributed by atoms with E-state index >= 15 is 0 Å². The molecule has 0 radical (unpaired) electrons. The standard InChI is InChI=1S/C52H82N2O13S/c1-32-15-11-10-12-16-34(3)42(54-25-26-68(54,62)63)31-40-21-19-38(7)52(61,67-40)49(58)50(59)53-24-14-13-17-41(53)51(60)66-44(35(4)29-39-20-22-43(55)45(30-39)64-8)23-18-33(2)28-37(6)47(57)48(65-9)46(56)36(5)27-32/h10-12,15-16,28,32-33,35-36,38-45,47-48,55,57,61H,13-14,17-27,29-31H2,1-9H3/b12-10+,15-11+,34-16+,37-28+/t32-,33+,35-,36-,38-,39+,40+,41+,42-,43-,44+,45-,47-,48+,52-/m1/s1. The van der Waals surface area contributed by atoms with E-state index in [4.69, 9.17) is 18.9 Å². The van der Waals surface area contributed by atoms with Crippen LogP contribution < -0.4 is 0 Å². The lowest BCUT2D eigenvalue weighted by Gasteiger charge is -2.44. The number of allylic oxidation sites excluding steroid dienone is 6. The van der Waals surface area contributed by atoms with Crippen molar-refractivity contribution in [1.29, 1.82) is 0 Å². The average molecular weight is 975 g/mol. The van der Waals surface area contributed by atoms with Gasteiger partial charge in [0.1, 0.15) is 24.4 Å². The van der Waals surface area contributed by atoms with E-state index in [9.17, 15) is 42.9 Å². The first-order chi connectivity index (χ1) is 32.1. The van der Waals surface area contributed by atoms with Gasteiger partial charge in [-0.1, -0.05) is 76.6 Å². The van der Waals surface area contributed by atoms with Crippen molar-refractivity contribution in [2.75, 3.05) is 33.1 Å². The first-order valence-electron chi connectivity index (χ1n) is 25.2. The van der Waals surface area contributed by atoms with Crippen LogP contribution in [0.15, 0.2) is 47.6 Å². The minimum absolute atomic E-state index is 0.000453. The van der Waals surface area contributed by atoms with Gasteiger partial charge in [-0.15, -0.1) is 0 Å². The summed E-state index contributed by atoms with van der Waals surface area (Å²) in [5, 5.41) is 34.1. The lowest BCUT2D eigenvalue weighted by atomic mass is 9.78. The highest BCUT2D eigenvalue weighted by Gasteiger charge is 2.54. The number of methoxy groups -OCH3 is 2. The van der Waals surface area contributed by atoms with Gasteiger partial charge < -0.3 is 39.2 Å². The molecule has 1 aliphatic carbocycles. The highest BCUT2D eigenvalue weighted by Crippen LogP contribution is 2.39. The van der Waals surface area contributed by atoms with Gasteiger partial charge in [0.2, 0.25) is 15.8 Å². The largest absolute Gasteiger partial charge is 0.461 e. The summed E-state index contributed by atoms with van der Waals surface area (Å²) in [5.41, 5.74) is 1.31. The summed E-state index contributed by atoms with van der Waals surface area (Å²) in [4.78, 5) is 58.1. The molecule has 0 aromatic rings. The predicted octanol–water partition coefficient (Wildman–Crippen LogP) is 6.00. The monoisotopic (exact) mass is 975 g/mol. The smallest absolute Gasteiger partial charge is 0.329 e. The first-order valence-corrected chi connectivity index (χ1v) is 26.8. The molecule has 3 N–H and O–H groups in total. The number of rotatable bonds is 6. The van der Waals surface area contributed by atoms with Gasteiger partial charge in [0.25, 0.3) is 11.7 Å². The Labute approximate surface area is 405 Å². The summed E-state index contributed by atoms with van der Waals surface area (Å²) in [5.74, 6) is -6.73. The van der Waals surface area contributed by atoms with Gasteiger partial charge in [-0.25, -0.2) is 13.2 Å². The molecule has 2 bridgehead atoms. The lowest BCUT2D eigenvalue weighted by Crippen LogP contribution is -2.61. The van der Waals surface area contributed by atoms with Crippen LogP contribution in [0.2, 0.25) is 0 Å². The van der Waals surface area contributed by atoms with Crippen LogP contribution >= 0.6 is 0 Å². The molecule has 5 aliphatic rings. The highest BCUT2D eigenvalue weighted by molar-refractivity contribution is 7.90. The third-order valence-corrected chi connectivity index (χ3v) is 17.4. The molecule has 16 heteroatoms. The van der Waals surface area contributed by atoms with E-state index in [1.54, 1.807) is 21.0 Å². The number of aliphatic hydroxyl groups excluding tert-OH is 2. The Morgan fingerprint density at radius 1 is 0.824 bits per heavy atom. The molecular weight excluding hydrogens is 893 g/mol. The molecule has 4 fully saturated rings. The van der Waals surface area contributed by atoms with Crippen LogP contribution in [0.4, 0.5) is 0 Å². The fourth-order valence-corrected chi connectivity index (χ4v) is 12.4. The number of fused-ring (bicyclic) bond motifs is 3. The number of piperidine rings is 1. The Morgan fingerprint density at radius 2 is 1.56 bits per heavy atom. The molecule has 5 rings (SSSR count). The van der Waals surface area contributed by atoms with Crippen LogP contribution in [0, 0.1) is 35.5 Å². The molecule has 0 aromatic carbocycles. The van der Waals surface area contributed by atoms with E-state index < -0.39 is 87.9 Å². The summed E-state index contributed by atoms with van der Waals surface area (Å²) in [6.07, 6.45) is 13.4. The maximum atomic E-state index is 14.4. The minimum Gasteiger partial charge on any atom is -0.461 e. The van der Waals surface area contributed by atoms with Gasteiger partial charge in [-0.3, -0.25) is 14.4 Å². The zero-order valence-electron chi connectivity index (χ0n) is 42.1. The molecule has 15 nitrogen and oxygen atoms in total. The van der Waals surface area contributed by atoms with E-state index in [0.717, 1.165) is 12.0 Å². The second-order valence-electron chi connectivity index (χ2n) is 20.9. The van der Waals surface area contributed by atoms with Crippen LogP contribution in [-0.4, -0.2) is 144 Å². The number of esters is 1. The average Bonchev–Trinajstić information content (AvgIpc) is 3.30. The van der Waals surface area contributed by atoms with E-state index in [1.165, 1.54) is 16.3 Å². The predicted molar refractivity (Wildman–Crippen MR) is 258 cm³/mol. The summed E-state index contributed by atoms with van der Waals surface area (Å²) < 4.78 is 51.3. The molecule has 68 heavy (non-hydrogen) atoms. The second kappa shape index (κ2) is 24.8. The van der Waals surface area contributed by atoms with E-state index in [1.807, 2.05) is 71.1 Å². The molecule has 0 spiro atoms. The molecule has 1 amide bonds. The molecular formula is C52H82N2O13S. The van der Waals surface area contributed by atoms with E-state index in [2.05, 4.69) is 0 Å². The number of ketones is 2. The number of amides is 1. The van der Waals surface area contributed by atoms with Crippen LogP contribution in [0.5, 0.6) is 0 Å². The quantitative estimate of drug-likeness (QED) is 0.159. The van der Waals surface area contributed by atoms with Gasteiger partial charge in [0.05, 0.1) is 24.1 Å². The molecule has 0 unspecified atom stereocenters. The number of hydrogen-bond donors (Lipinski definition) is 3. The Balaban J connectivity index is 1.47. The number of nitrogens with zero attached hydrogens (tertiary/aromatic N) is 2. The SMILES string of the molecule is CO[C@@H]1C[C@H](C[C@@H](C)[C@@H]2CC[C@H](C)/C=C(\C)[C@@H](O)[C@@H](OC)C(=O)[C@H](C)C[C@H](C)/C=C/C=C/C=C(\C)[C@H](N3CCS3(=O)=O)C[C@@H]3CC[C@@H](C)[C@@](O)(O3)C(=O)C(=O)N3CCCC[C@H]3C(=O)O2)CC[C@H]1O. The fraction of sp³-hybridized carbons (Fsp3) is 0.769. The topological polar surface area (TPSA) is 207 Å². The number of sulfonamides is 1. The zero-order valence-corrected chi connectivity index (χ0v) is 42.9. The van der Waals surface area contributed by atoms with Gasteiger partial charge in [-0.05, 0) is 127 Å². The van der Waals surface area contributed by atoms with Crippen molar-refractivity contribution in [3.8, 4) is 0 Å². The maximum absolute atomic E-state index is 14.4. The summed E-state index contributed by atoms with van der Waals surface area (Å²) in [6, 6.07) is -1.71. The van der Waals surface area contributed by atoms with Gasteiger partial charge in [0, 0.05) is 45.2 Å². The number of aliphatic hydroxyl groups is 3. The first kappa shape index (κ1) is 55.8. The second-order valence-corrected chi connectivity index (χ2v) is 22.9. The van der Waals surface area contributed by atoms with E-state index in [0.29, 0.717) is 76.3 Å². The Morgan fingerprint density at radius 3 is 2.22 bits per heavy atom. The number of cyclic esters (lactones) is 1. The van der Waals surface area contributed by atoms with Crippen molar-refractivity contribution in [2.24, 2.45) is 35.5 Å². The number of carbonyl (C=O) groups excluding carboxylic acids is 4. The number of hydrogen-bond acceptors (Lipinski definition) is 13. The maximum Gasteiger partial charge on any atom is 0.329 e. The van der Waals surface area contributed by atoms with Crippen LogP contribution in [0.3, 0.4) is 0 Å². The van der Waals surface area contributed by atoms with Gasteiger partial charge in [-0.2, -0.15) is 4.31 Å². The molecule has 384 valence electrons. The van der Waals surface area contributed by atoms with Crippen molar-refractivity contribution < 1.29 is 61.9 Å². The number of carbonyl (C=O) groups is 4. The summed E-state index contributed by atoms with van der Waals surface area (Å²) in [7, 11) is -0.515. The molecule has 15 atom stereocenters. The van der Waals surface area contributed by atoms with Crippen LogP contribution in [0.1, 0.15) is 132 Å². The lowest BCUT2D eigenvalue weighted by molar-refractivity contribution is -0.264. The van der Waals surface area contributed by atoms with Crippen molar-refractivity contribution in [2.45, 2.75) is 186 Å². The summed E-state index contributed by atoms with van der Waals surface area (Å²) in [6.45, 7) is 13.5. The van der Waals surface area contributed by atoms with Crippen molar-refractivity contribution >= 4 is 33.5 Å². The zero-order chi connectivity index (χ0) is 50.1. The number of Topliss-reactive ketones (excluding diaryl/α,β-unsaturated/α-hetero) is 2. The highest BCUT2D eigenvalue weighted by atomic mass is 32.2. The third kappa shape index (κ3) is 13.9. The number of ether oxygens (including phenoxy) is 4. The minimum atomic E-state index is -3.53. The van der Waals surface area contributed by atoms with Crippen LogP contribution in [0.25, 0.3) is 0 Å². The molecule has 3 saturated heterocycles. The van der Waals surface area contributed by atoms with Crippen molar-refractivity contribution in [1.82, 2.24) is 9.21 Å². The van der Waals surface area contributed by atoms with Crippen molar-refractivity contribution in [3.63, 3.8) is 0 Å². The molecule has 0 aromatic heterocycles. The fourth-order valence-electron chi connectivity index (χ4n) is 11.1. The summed E-state index contributed by atoms with van der Waals surface area (Å²) >= 11 is 0. The van der Waals surface area contributed by atoms with Gasteiger partial charge >= 0.3 is 5.97 Å². The van der Waals surface area contributed by atoms with Gasteiger partial charge in [0.15, 0.2) is 5.78 Å². The molecule has 4 aliphatic heterocycles. The Bertz CT molecular complexity index is 1980. The third-order valence-electron chi connectivity index (χ3n) is 15.5. The Kier molecular flexibility index (Phi) is 20.4. The Hall–Kier alpha value is -3.09. The molecule has 1 saturated carbocycles. The van der Waals surface area contributed by atoms with E-state index in [-0.39, 0.29) is 60.7 Å². The van der Waals surface area contributed by atoms with Crippen LogP contribution in [-0.2, 0) is 48.1 Å². The van der Waals surface area contributed by atoms with Crippen molar-refractivity contribution in [3.05, 3.63) is 47.6 Å². The normalized spacial score (nSPS) is 41.2.